The van der Waals surface area contributed by atoms with Gasteiger partial charge < -0.3 is 0 Å². The van der Waals surface area contributed by atoms with Crippen molar-refractivity contribution in [2.75, 3.05) is 6.54 Å². The first kappa shape index (κ1) is 14.2. The predicted molar refractivity (Wildman–Crippen MR) is 63.2 cm³/mol. The Bertz CT molecular complexity index is 516. The van der Waals surface area contributed by atoms with Crippen LogP contribution in [-0.2, 0) is 6.18 Å². The van der Waals surface area contributed by atoms with Crippen LogP contribution in [0.1, 0.15) is 17.2 Å². The Hall–Kier alpha value is -1.88. The first-order valence-electron chi connectivity index (χ1n) is 4.74. The second-order valence-corrected chi connectivity index (χ2v) is 3.46. The molecule has 0 aliphatic carbocycles. The van der Waals surface area contributed by atoms with Crippen LogP contribution < -0.4 is 0 Å². The van der Waals surface area contributed by atoms with Gasteiger partial charge in [-0.05, 0) is 35.4 Å². The molecule has 0 N–H and O–H groups in total. The van der Waals surface area contributed by atoms with Crippen molar-refractivity contribution in [3.63, 3.8) is 0 Å². The number of halogens is 3. The van der Waals surface area contributed by atoms with Gasteiger partial charge in [0, 0.05) is 4.91 Å². The molecule has 1 rings (SSSR count). The van der Waals surface area contributed by atoms with Crippen molar-refractivity contribution in [3.05, 3.63) is 45.8 Å². The average molecular weight is 272 g/mol. The van der Waals surface area contributed by atoms with Crippen molar-refractivity contribution in [2.45, 2.75) is 12.2 Å². The van der Waals surface area contributed by atoms with Crippen LogP contribution in [0.15, 0.2) is 34.4 Å². The molecule has 0 fully saturated rings. The topological polar surface area (TPSA) is 61.1 Å². The van der Waals surface area contributed by atoms with Crippen molar-refractivity contribution in [2.24, 2.45) is 10.1 Å². The summed E-state index contributed by atoms with van der Waals surface area (Å²) in [7, 11) is 0. The Morgan fingerprint density at radius 1 is 1.44 bits per heavy atom. The summed E-state index contributed by atoms with van der Waals surface area (Å²) in [5, 5.41) is 5.36. The Morgan fingerprint density at radius 2 is 2.17 bits per heavy atom. The molecule has 0 radical (unpaired) electrons. The fourth-order valence-electron chi connectivity index (χ4n) is 1.32. The van der Waals surface area contributed by atoms with E-state index in [1.807, 2.05) is 0 Å². The molecule has 94 valence electrons. The van der Waals surface area contributed by atoms with E-state index in [0.29, 0.717) is 0 Å². The third-order valence-corrected chi connectivity index (χ3v) is 2.23. The Kier molecular flexibility index (Phi) is 4.85. The summed E-state index contributed by atoms with van der Waals surface area (Å²) in [5.41, 5.74) is 7.69. The molecule has 0 heterocycles. The van der Waals surface area contributed by atoms with Crippen LogP contribution >= 0.6 is 12.2 Å². The lowest BCUT2D eigenvalue weighted by Crippen LogP contribution is -2.07. The summed E-state index contributed by atoms with van der Waals surface area (Å²) >= 11 is 4.41. The number of aliphatic imine (C=N–C) groups is 1. The Morgan fingerprint density at radius 3 is 2.72 bits per heavy atom. The summed E-state index contributed by atoms with van der Waals surface area (Å²) in [5.74, 6) is 0. The minimum absolute atomic E-state index is 0.110. The quantitative estimate of drug-likeness (QED) is 0.267. The molecule has 0 spiro atoms. The lowest BCUT2D eigenvalue weighted by atomic mass is 10.0. The first-order chi connectivity index (χ1) is 8.49. The summed E-state index contributed by atoms with van der Waals surface area (Å²) in [6.07, 6.45) is -4.43. The van der Waals surface area contributed by atoms with Gasteiger partial charge in [-0.3, -0.25) is 0 Å². The van der Waals surface area contributed by atoms with E-state index >= 15 is 0 Å². The van der Waals surface area contributed by atoms with Crippen molar-refractivity contribution in [1.82, 2.24) is 0 Å². The molecule has 1 aromatic carbocycles. The van der Waals surface area contributed by atoms with Gasteiger partial charge in [-0.15, -0.1) is 0 Å². The highest BCUT2D eigenvalue weighted by Crippen LogP contribution is 2.31. The molecule has 8 heteroatoms. The number of isothiocyanates is 1. The third kappa shape index (κ3) is 3.85. The van der Waals surface area contributed by atoms with Gasteiger partial charge >= 0.3 is 6.18 Å². The largest absolute Gasteiger partial charge is 0.416 e. The van der Waals surface area contributed by atoms with Crippen LogP contribution in [0.3, 0.4) is 0 Å². The van der Waals surface area contributed by atoms with E-state index in [2.05, 4.69) is 32.4 Å². The predicted octanol–water partition coefficient (Wildman–Crippen LogP) is 4.16. The van der Waals surface area contributed by atoms with Crippen LogP contribution in [0, 0.1) is 0 Å². The molecule has 4 nitrogen and oxygen atoms in total. The number of thiocarbonyl (C=S) groups is 1. The summed E-state index contributed by atoms with van der Waals surface area (Å²) < 4.78 is 37.6. The number of hydrogen-bond donors (Lipinski definition) is 0. The maximum Gasteiger partial charge on any atom is 0.416 e. The number of hydrogen-bond acceptors (Lipinski definition) is 3. The monoisotopic (exact) mass is 272 g/mol. The molecule has 0 saturated heterocycles. The number of azide groups is 1. The molecular formula is C10H7F3N4S. The van der Waals surface area contributed by atoms with E-state index in [1.54, 1.807) is 0 Å². The molecule has 0 aliphatic heterocycles. The van der Waals surface area contributed by atoms with Gasteiger partial charge in [-0.2, -0.15) is 13.2 Å². The highest BCUT2D eigenvalue weighted by atomic mass is 32.1. The van der Waals surface area contributed by atoms with Gasteiger partial charge in [0.2, 0.25) is 0 Å². The van der Waals surface area contributed by atoms with Gasteiger partial charge in [-0.25, -0.2) is 4.99 Å². The molecule has 1 aromatic rings. The van der Waals surface area contributed by atoms with Crippen molar-refractivity contribution in [1.29, 1.82) is 0 Å². The smallest absolute Gasteiger partial charge is 0.224 e. The maximum absolute atomic E-state index is 12.5. The summed E-state index contributed by atoms with van der Waals surface area (Å²) in [6.45, 7) is -0.110. The Labute approximate surface area is 106 Å². The van der Waals surface area contributed by atoms with Crippen LogP contribution in [0.5, 0.6) is 0 Å². The highest BCUT2D eigenvalue weighted by molar-refractivity contribution is 7.78. The highest BCUT2D eigenvalue weighted by Gasteiger charge is 2.30. The first-order valence-corrected chi connectivity index (χ1v) is 5.15. The van der Waals surface area contributed by atoms with E-state index in [9.17, 15) is 13.2 Å². The fourth-order valence-corrected chi connectivity index (χ4v) is 1.45. The van der Waals surface area contributed by atoms with Crippen LogP contribution in [-0.4, -0.2) is 11.7 Å². The minimum atomic E-state index is -4.43. The van der Waals surface area contributed by atoms with Crippen molar-refractivity contribution < 1.29 is 13.2 Å². The zero-order chi connectivity index (χ0) is 13.6. The fraction of sp³-hybridized carbons (Fsp3) is 0.300. The van der Waals surface area contributed by atoms with E-state index < -0.39 is 17.8 Å². The van der Waals surface area contributed by atoms with E-state index in [1.165, 1.54) is 12.1 Å². The van der Waals surface area contributed by atoms with Crippen LogP contribution in [0.4, 0.5) is 13.2 Å². The molecule has 0 amide bonds. The lowest BCUT2D eigenvalue weighted by molar-refractivity contribution is -0.137. The average Bonchev–Trinajstić information content (AvgIpc) is 2.33. The van der Waals surface area contributed by atoms with Gasteiger partial charge in [0.1, 0.15) is 0 Å². The van der Waals surface area contributed by atoms with E-state index in [-0.39, 0.29) is 12.1 Å². The number of alkyl halides is 3. The van der Waals surface area contributed by atoms with Crippen molar-refractivity contribution >= 4 is 17.4 Å². The number of nitrogens with zero attached hydrogens (tertiary/aromatic N) is 4. The van der Waals surface area contributed by atoms with E-state index in [0.717, 1.165) is 12.1 Å². The molecule has 1 atom stereocenters. The minimum Gasteiger partial charge on any atom is -0.224 e. The zero-order valence-electron chi connectivity index (χ0n) is 8.92. The van der Waals surface area contributed by atoms with Crippen molar-refractivity contribution in [3.8, 4) is 0 Å². The second kappa shape index (κ2) is 6.16. The van der Waals surface area contributed by atoms with E-state index in [4.69, 9.17) is 5.53 Å². The molecule has 0 saturated carbocycles. The van der Waals surface area contributed by atoms with Crippen LogP contribution in [0.25, 0.3) is 10.4 Å². The van der Waals surface area contributed by atoms with Gasteiger partial charge in [-0.1, -0.05) is 17.2 Å². The molecule has 1 unspecified atom stereocenters. The number of rotatable bonds is 4. The molecule has 0 aliphatic rings. The molecule has 0 bridgehead atoms. The number of benzene rings is 1. The molecular weight excluding hydrogens is 265 g/mol. The maximum atomic E-state index is 12.5. The molecule has 18 heavy (non-hydrogen) atoms. The van der Waals surface area contributed by atoms with Gasteiger partial charge in [0.05, 0.1) is 23.3 Å². The normalized spacial score (nSPS) is 12.2. The second-order valence-electron chi connectivity index (χ2n) is 3.27. The van der Waals surface area contributed by atoms with Gasteiger partial charge in [0.15, 0.2) is 0 Å². The van der Waals surface area contributed by atoms with Gasteiger partial charge in [0.25, 0.3) is 0 Å². The van der Waals surface area contributed by atoms with Crippen LogP contribution in [0.2, 0.25) is 0 Å². The SMILES string of the molecule is [N-]=[N+]=NCC(N=C=S)c1cccc(C(F)(F)F)c1. The third-order valence-electron chi connectivity index (χ3n) is 2.13. The summed E-state index contributed by atoms with van der Waals surface area (Å²) in [6, 6.07) is 3.88. The molecule has 0 aromatic heterocycles. The Balaban J connectivity index is 3.12. The zero-order valence-corrected chi connectivity index (χ0v) is 9.74. The standard InChI is InChI=1S/C10H7F3N4S/c11-10(12,13)8-3-1-2-7(4-8)9(15-6-18)5-16-17-14/h1-4,9H,5H2. The lowest BCUT2D eigenvalue weighted by Gasteiger charge is -2.12. The summed E-state index contributed by atoms with van der Waals surface area (Å²) in [4.78, 5) is 6.22.